The second-order valence-electron chi connectivity index (χ2n) is 31.5. The number of methoxy groups -OCH3 is 9. The molecular weight excluding hydrogens is 1980 g/mol. The molecule has 12 aromatic carbocycles. The van der Waals surface area contributed by atoms with E-state index in [0.717, 1.165) is 196 Å². The molecule has 135 heavy (non-hydrogen) atoms. The largest absolute Gasteiger partial charge is 0.380 e. The second-order valence-corrected chi connectivity index (χ2v) is 37.6. The molecule has 0 saturated carbocycles. The fourth-order valence-electron chi connectivity index (χ4n) is 15.8. The zero-order valence-corrected chi connectivity index (χ0v) is 96.2. The average Bonchev–Trinajstić information content (AvgIpc) is 0.769. The van der Waals surface area contributed by atoms with E-state index in [-0.39, 0.29) is 34.9 Å². The van der Waals surface area contributed by atoms with Crippen LogP contribution in [0.15, 0.2) is 182 Å². The van der Waals surface area contributed by atoms with Crippen LogP contribution in [-0.4, -0.2) is 64.0 Å². The third-order valence-corrected chi connectivity index (χ3v) is 29.3. The van der Waals surface area contributed by atoms with Gasteiger partial charge < -0.3 is 42.6 Å². The molecule has 0 aliphatic rings. The molecule has 15 atom stereocenters. The molecule has 0 aliphatic heterocycles. The normalized spacial score (nSPS) is 11.0. The minimum atomic E-state index is -0.210. The first kappa shape index (κ1) is 118. The molecule has 0 N–H and O–H groups in total. The number of hydrogen-bond acceptors (Lipinski definition) is 9. The smallest absolute Gasteiger partial charge is 0.131 e. The summed E-state index contributed by atoms with van der Waals surface area (Å²) in [5.74, 6) is -1.06. The first-order valence-electron chi connectivity index (χ1n) is 43.9. The summed E-state index contributed by atoms with van der Waals surface area (Å²) in [6.07, 6.45) is 11.9. The molecule has 0 fully saturated rings. The van der Waals surface area contributed by atoms with Gasteiger partial charge in [-0.2, -0.15) is 0 Å². The molecule has 0 aromatic heterocycles. The number of hydrogen-bond donors (Lipinski definition) is 0. The third-order valence-electron chi connectivity index (χ3n) is 22.6. The maximum Gasteiger partial charge on any atom is 0.131 e. The minimum Gasteiger partial charge on any atom is -0.380 e. The summed E-state index contributed by atoms with van der Waals surface area (Å²) in [6, 6.07) is 57.8. The van der Waals surface area contributed by atoms with Crippen LogP contribution >= 0.6 is 139 Å². The molecule has 0 spiro atoms. The summed E-state index contributed by atoms with van der Waals surface area (Å²) in [5, 5.41) is 0. The number of rotatable bonds is 39. The van der Waals surface area contributed by atoms with Gasteiger partial charge in [-0.05, 0) is 337 Å². The average molecular weight is 2120 g/mol. The number of benzene rings is 12. The van der Waals surface area contributed by atoms with E-state index in [0.29, 0.717) is 100 Å². The second kappa shape index (κ2) is 63.5. The molecule has 12 aromatic rings. The zero-order valence-electron chi connectivity index (χ0n) is 78.9. The summed E-state index contributed by atoms with van der Waals surface area (Å²) >= 11 is 0. The predicted molar refractivity (Wildman–Crippen MR) is 609 cm³/mol. The van der Waals surface area contributed by atoms with E-state index in [9.17, 15) is 26.3 Å². The van der Waals surface area contributed by atoms with Crippen LogP contribution in [0.25, 0.3) is 66.8 Å². The highest BCUT2D eigenvalue weighted by Crippen LogP contribution is 2.40. The monoisotopic (exact) mass is 2120 g/mol. The van der Waals surface area contributed by atoms with Crippen LogP contribution in [0.5, 0.6) is 0 Å². The van der Waals surface area contributed by atoms with Crippen molar-refractivity contribution in [1.29, 1.82) is 0 Å². The lowest BCUT2D eigenvalue weighted by Crippen LogP contribution is -2.03. The Kier molecular flexibility index (Phi) is 55.6. The molecule has 726 valence electrons. The molecule has 0 radical (unpaired) electrons. The van der Waals surface area contributed by atoms with Gasteiger partial charge in [0.15, 0.2) is 0 Å². The summed E-state index contributed by atoms with van der Waals surface area (Å²) in [6.45, 7) is 4.51. The standard InChI is InChI=1S/3C18H23FO2P2.3C17H22FOP3/c1-20-8-14-6-17(15(9-21-2)5-16(14)11-23)12-3-4-13(10-22)18(19)7-12;1-20-8-14-5-13(11-23)6-15(9-21-2)18(14)16-4-3-12(10-22)7-17(16)19;1-20-8-13-7-17(14(9-21-2)6-15(13)11-23)16-4-3-12(10-22)5-18(16)19;1-19-7-13-4-14(9-21)15(10-22)5-16(13)11-2-3-12(8-20)17(18)6-11;1-19-7-14-4-13(5-15(9-21)16(14)10-22)11-2-3-12(8-20)17(18)6-11;1-19-7-13-5-12(6-14(9-21)16(13)10-22)15-3-2-11(8-20)4-17(15)18/h3*3-7H,8-11,22-23H2,1-2H3;3*2-6H,7-10,20-22H2,1H3. The Bertz CT molecular complexity index is 5770. The summed E-state index contributed by atoms with van der Waals surface area (Å²) in [4.78, 5) is 0. The van der Waals surface area contributed by atoms with Crippen LogP contribution < -0.4 is 0 Å². The maximum atomic E-state index is 14.7. The van der Waals surface area contributed by atoms with Crippen LogP contribution in [-0.2, 0) is 195 Å². The maximum absolute atomic E-state index is 14.7. The van der Waals surface area contributed by atoms with Gasteiger partial charge in [0.25, 0.3) is 0 Å². The van der Waals surface area contributed by atoms with E-state index in [1.807, 2.05) is 84.9 Å². The van der Waals surface area contributed by atoms with Crippen LogP contribution in [0.3, 0.4) is 0 Å². The molecule has 12 rings (SSSR count). The van der Waals surface area contributed by atoms with Crippen LogP contribution in [0.2, 0.25) is 0 Å². The molecule has 30 heteroatoms. The molecule has 9 nitrogen and oxygen atoms in total. The van der Waals surface area contributed by atoms with Crippen molar-refractivity contribution in [2.45, 2.75) is 152 Å². The zero-order chi connectivity index (χ0) is 98.8. The van der Waals surface area contributed by atoms with Gasteiger partial charge in [0.2, 0.25) is 0 Å². The van der Waals surface area contributed by atoms with Crippen molar-refractivity contribution in [2.24, 2.45) is 0 Å². The highest BCUT2D eigenvalue weighted by Gasteiger charge is 2.22. The van der Waals surface area contributed by atoms with Gasteiger partial charge in [-0.25, -0.2) is 26.3 Å². The van der Waals surface area contributed by atoms with Crippen molar-refractivity contribution < 1.29 is 69.0 Å². The Hall–Kier alpha value is -3.69. The fraction of sp³-hybridized carbons (Fsp3) is 0.314. The van der Waals surface area contributed by atoms with E-state index in [2.05, 4.69) is 199 Å². The first-order valence-corrected chi connectivity index (χ1v) is 56.1. The van der Waals surface area contributed by atoms with Crippen molar-refractivity contribution in [3.63, 3.8) is 0 Å². The lowest BCUT2D eigenvalue weighted by atomic mass is 9.92. The molecule has 0 aliphatic carbocycles. The summed E-state index contributed by atoms with van der Waals surface area (Å²) in [5.41, 5.74) is 36.1. The Morgan fingerprint density at radius 1 is 0.163 bits per heavy atom. The van der Waals surface area contributed by atoms with Gasteiger partial charge >= 0.3 is 0 Å². The highest BCUT2D eigenvalue weighted by atomic mass is 31.0. The number of ether oxygens (including phenoxy) is 9. The Balaban J connectivity index is 0.000000221. The third kappa shape index (κ3) is 34.0. The Morgan fingerprint density at radius 3 is 0.778 bits per heavy atom. The highest BCUT2D eigenvalue weighted by molar-refractivity contribution is 7.18. The van der Waals surface area contributed by atoms with Gasteiger partial charge in [0.1, 0.15) is 34.9 Å². The Labute approximate surface area is 834 Å². The van der Waals surface area contributed by atoms with Crippen molar-refractivity contribution in [2.75, 3.05) is 64.0 Å². The predicted octanol–water partition coefficient (Wildman–Crippen LogP) is 27.9. The topological polar surface area (TPSA) is 83.1 Å². The van der Waals surface area contributed by atoms with Gasteiger partial charge in [-0.15, -0.1) is 139 Å². The van der Waals surface area contributed by atoms with E-state index in [1.54, 1.807) is 100 Å². The molecule has 0 saturated heterocycles. The van der Waals surface area contributed by atoms with E-state index < -0.39 is 0 Å². The first-order chi connectivity index (χ1) is 65.3. The Morgan fingerprint density at radius 2 is 0.437 bits per heavy atom. The van der Waals surface area contributed by atoms with Gasteiger partial charge in [0, 0.05) is 80.7 Å². The van der Waals surface area contributed by atoms with Crippen LogP contribution in [0, 0.1) is 34.9 Å². The molecule has 0 heterocycles. The molecular formula is C105H135F6O9P15. The van der Waals surface area contributed by atoms with E-state index in [1.165, 1.54) is 55.6 Å². The minimum absolute atomic E-state index is 0.150. The van der Waals surface area contributed by atoms with Crippen molar-refractivity contribution in [3.8, 4) is 66.8 Å². The van der Waals surface area contributed by atoms with Crippen LogP contribution in [0.4, 0.5) is 26.3 Å². The fourth-order valence-corrected chi connectivity index (χ4v) is 21.0. The number of halogens is 6. The van der Waals surface area contributed by atoms with Gasteiger partial charge in [-0.1, -0.05) is 121 Å². The SMILES string of the molecule is COCc1cc(-c2ccc(CP)c(F)c2)c(COC)cc1CP.COCc1cc(-c2ccc(CP)c(F)c2)cc(CP)c1CP.COCc1cc(-c2ccc(CP)cc2F)c(COC)cc1CP.COCc1cc(-c2ccc(CP)cc2F)cc(CP)c1CP.COCc1cc(CP)c(CP)cc1-c1ccc(CP)c(F)c1.COCc1cc(CP)cc(COC)c1-c1ccc(CP)cc1F. The lowest BCUT2D eigenvalue weighted by Gasteiger charge is -2.18. The quantitative estimate of drug-likeness (QED) is 0.0276. The van der Waals surface area contributed by atoms with E-state index >= 15 is 0 Å². The summed E-state index contributed by atoms with van der Waals surface area (Å²) in [7, 11) is 55.4. The molecule has 15 unspecified atom stereocenters. The van der Waals surface area contributed by atoms with Gasteiger partial charge in [-0.3, -0.25) is 0 Å². The van der Waals surface area contributed by atoms with Crippen molar-refractivity contribution >= 4 is 139 Å². The van der Waals surface area contributed by atoms with Crippen molar-refractivity contribution in [1.82, 2.24) is 0 Å². The van der Waals surface area contributed by atoms with Crippen molar-refractivity contribution in [3.05, 3.63) is 350 Å². The van der Waals surface area contributed by atoms with Crippen LogP contribution in [0.1, 0.15) is 134 Å². The lowest BCUT2D eigenvalue weighted by molar-refractivity contribution is 0.180. The van der Waals surface area contributed by atoms with Gasteiger partial charge in [0.05, 0.1) is 59.5 Å². The molecule has 0 bridgehead atoms. The van der Waals surface area contributed by atoms with E-state index in [4.69, 9.17) is 42.6 Å². The molecule has 0 amide bonds. The summed E-state index contributed by atoms with van der Waals surface area (Å²) < 4.78 is 134.